The second-order valence-electron chi connectivity index (χ2n) is 5.68. The van der Waals surface area contributed by atoms with Crippen molar-refractivity contribution < 1.29 is 13.2 Å². The van der Waals surface area contributed by atoms with E-state index in [-0.39, 0.29) is 10.1 Å². The minimum atomic E-state index is -3.68. The molecule has 24 heavy (non-hydrogen) atoms. The molecule has 1 aromatic carbocycles. The Labute approximate surface area is 145 Å². The maximum atomic E-state index is 12.8. The summed E-state index contributed by atoms with van der Waals surface area (Å²) < 4.78 is 27.3. The Balaban J connectivity index is 1.81. The lowest BCUT2D eigenvalue weighted by Gasteiger charge is -2.36. The van der Waals surface area contributed by atoms with Gasteiger partial charge >= 0.3 is 0 Å². The number of para-hydroxylation sites is 2. The minimum Gasteiger partial charge on any atom is -0.371 e. The van der Waals surface area contributed by atoms with Crippen LogP contribution in [0, 0.1) is 0 Å². The van der Waals surface area contributed by atoms with Crippen LogP contribution in [0.1, 0.15) is 6.92 Å². The average molecular weight is 365 g/mol. The SMILES string of the molecule is CC(NS(=O)(=O)c1cccs1)C(=O)N1CCN(C)c2ccccc21. The summed E-state index contributed by atoms with van der Waals surface area (Å²) in [5.74, 6) is -0.254. The van der Waals surface area contributed by atoms with E-state index in [4.69, 9.17) is 0 Å². The largest absolute Gasteiger partial charge is 0.371 e. The lowest BCUT2D eigenvalue weighted by molar-refractivity contribution is -0.119. The van der Waals surface area contributed by atoms with Crippen LogP contribution in [0.5, 0.6) is 0 Å². The smallest absolute Gasteiger partial charge is 0.250 e. The molecule has 0 saturated carbocycles. The van der Waals surface area contributed by atoms with Gasteiger partial charge in [0.05, 0.1) is 17.4 Å². The van der Waals surface area contributed by atoms with Crippen LogP contribution in [0.3, 0.4) is 0 Å². The summed E-state index contributed by atoms with van der Waals surface area (Å²) in [5.41, 5.74) is 1.77. The Kier molecular flexibility index (Phi) is 4.62. The molecule has 1 N–H and O–H groups in total. The lowest BCUT2D eigenvalue weighted by atomic mass is 10.1. The van der Waals surface area contributed by atoms with Gasteiger partial charge in [0.1, 0.15) is 4.21 Å². The molecular weight excluding hydrogens is 346 g/mol. The van der Waals surface area contributed by atoms with Crippen molar-refractivity contribution in [2.75, 3.05) is 29.9 Å². The zero-order valence-corrected chi connectivity index (χ0v) is 15.1. The number of hydrogen-bond donors (Lipinski definition) is 1. The summed E-state index contributed by atoms with van der Waals surface area (Å²) in [6.45, 7) is 2.80. The average Bonchev–Trinajstić information content (AvgIpc) is 3.10. The molecule has 0 aliphatic carbocycles. The van der Waals surface area contributed by atoms with E-state index in [9.17, 15) is 13.2 Å². The molecule has 0 fully saturated rings. The molecule has 2 aromatic rings. The van der Waals surface area contributed by atoms with Crippen LogP contribution in [0.25, 0.3) is 0 Å². The molecule has 128 valence electrons. The van der Waals surface area contributed by atoms with Crippen molar-refractivity contribution in [2.45, 2.75) is 17.2 Å². The molecule has 0 spiro atoms. The molecule has 2 heterocycles. The zero-order chi connectivity index (χ0) is 17.3. The fourth-order valence-electron chi connectivity index (χ4n) is 2.73. The number of anilines is 2. The van der Waals surface area contributed by atoms with Crippen molar-refractivity contribution in [1.29, 1.82) is 0 Å². The van der Waals surface area contributed by atoms with E-state index in [2.05, 4.69) is 9.62 Å². The van der Waals surface area contributed by atoms with Gasteiger partial charge in [0.25, 0.3) is 10.0 Å². The van der Waals surface area contributed by atoms with Crippen LogP contribution >= 0.6 is 11.3 Å². The Bertz CT molecular complexity index is 834. The van der Waals surface area contributed by atoms with E-state index in [1.165, 1.54) is 6.07 Å². The van der Waals surface area contributed by atoms with Gasteiger partial charge in [-0.3, -0.25) is 4.79 Å². The van der Waals surface area contributed by atoms with Gasteiger partial charge in [-0.2, -0.15) is 4.72 Å². The molecule has 1 aliphatic rings. The van der Waals surface area contributed by atoms with Gasteiger partial charge in [-0.15, -0.1) is 11.3 Å². The van der Waals surface area contributed by atoms with Crippen LogP contribution in [0.4, 0.5) is 11.4 Å². The number of benzene rings is 1. The standard InChI is InChI=1S/C16H19N3O3S2/c1-12(17-24(21,22)15-8-5-11-23-15)16(20)19-10-9-18(2)13-6-3-4-7-14(13)19/h3-8,11-12,17H,9-10H2,1-2H3. The molecule has 3 rings (SSSR count). The van der Waals surface area contributed by atoms with E-state index in [1.54, 1.807) is 23.3 Å². The summed E-state index contributed by atoms with van der Waals surface area (Å²) >= 11 is 1.13. The first-order valence-electron chi connectivity index (χ1n) is 7.57. The molecule has 8 heteroatoms. The highest BCUT2D eigenvalue weighted by atomic mass is 32.2. The van der Waals surface area contributed by atoms with E-state index < -0.39 is 16.1 Å². The molecule has 1 aliphatic heterocycles. The van der Waals surface area contributed by atoms with Crippen LogP contribution < -0.4 is 14.5 Å². The van der Waals surface area contributed by atoms with Gasteiger partial charge in [0.15, 0.2) is 0 Å². The fourth-order valence-corrected chi connectivity index (χ4v) is 4.93. The van der Waals surface area contributed by atoms with Crippen molar-refractivity contribution in [2.24, 2.45) is 0 Å². The predicted molar refractivity (Wildman–Crippen MR) is 96.2 cm³/mol. The van der Waals surface area contributed by atoms with Crippen molar-refractivity contribution in [1.82, 2.24) is 4.72 Å². The topological polar surface area (TPSA) is 69.7 Å². The molecule has 1 unspecified atom stereocenters. The zero-order valence-electron chi connectivity index (χ0n) is 13.5. The van der Waals surface area contributed by atoms with Gasteiger partial charge in [0.2, 0.25) is 5.91 Å². The van der Waals surface area contributed by atoms with Crippen molar-refractivity contribution in [3.63, 3.8) is 0 Å². The van der Waals surface area contributed by atoms with Crippen LogP contribution in [0.15, 0.2) is 46.0 Å². The number of likely N-dealkylation sites (N-methyl/N-ethyl adjacent to an activating group) is 1. The molecule has 0 radical (unpaired) electrons. The molecule has 0 bridgehead atoms. The Morgan fingerprint density at radius 1 is 1.17 bits per heavy atom. The third-order valence-electron chi connectivity index (χ3n) is 3.97. The number of carbonyl (C=O) groups is 1. The first-order valence-corrected chi connectivity index (χ1v) is 9.94. The summed E-state index contributed by atoms with van der Waals surface area (Å²) in [6.07, 6.45) is 0. The summed E-state index contributed by atoms with van der Waals surface area (Å²) in [7, 11) is -1.70. The van der Waals surface area contributed by atoms with Crippen molar-refractivity contribution in [3.05, 3.63) is 41.8 Å². The van der Waals surface area contributed by atoms with Gasteiger partial charge in [0, 0.05) is 20.1 Å². The Hall–Kier alpha value is -1.90. The van der Waals surface area contributed by atoms with Crippen LogP contribution in [-0.2, 0) is 14.8 Å². The molecule has 1 atom stereocenters. The number of hydrogen-bond acceptors (Lipinski definition) is 5. The lowest BCUT2D eigenvalue weighted by Crippen LogP contribution is -2.51. The monoisotopic (exact) mass is 365 g/mol. The number of rotatable bonds is 4. The Morgan fingerprint density at radius 2 is 1.88 bits per heavy atom. The summed E-state index contributed by atoms with van der Waals surface area (Å²) in [6, 6.07) is 9.98. The third-order valence-corrected chi connectivity index (χ3v) is 6.91. The van der Waals surface area contributed by atoms with Crippen molar-refractivity contribution in [3.8, 4) is 0 Å². The highest BCUT2D eigenvalue weighted by Crippen LogP contribution is 2.32. The predicted octanol–water partition coefficient (Wildman–Crippen LogP) is 1.90. The molecule has 1 aromatic heterocycles. The van der Waals surface area contributed by atoms with Crippen molar-refractivity contribution >= 4 is 38.6 Å². The molecule has 6 nitrogen and oxygen atoms in total. The summed E-state index contributed by atoms with van der Waals surface area (Å²) in [4.78, 5) is 16.5. The quantitative estimate of drug-likeness (QED) is 0.898. The number of thiophene rings is 1. The normalized spacial score (nSPS) is 15.9. The highest BCUT2D eigenvalue weighted by Gasteiger charge is 2.30. The fraction of sp³-hybridized carbons (Fsp3) is 0.312. The highest BCUT2D eigenvalue weighted by molar-refractivity contribution is 7.91. The van der Waals surface area contributed by atoms with E-state index in [0.717, 1.165) is 22.7 Å². The first kappa shape index (κ1) is 16.9. The van der Waals surface area contributed by atoms with Crippen LogP contribution in [-0.4, -0.2) is 40.5 Å². The third kappa shape index (κ3) is 3.17. The Morgan fingerprint density at radius 3 is 2.54 bits per heavy atom. The van der Waals surface area contributed by atoms with E-state index in [0.29, 0.717) is 13.1 Å². The maximum Gasteiger partial charge on any atom is 0.250 e. The molecule has 1 amide bonds. The van der Waals surface area contributed by atoms with Gasteiger partial charge in [-0.25, -0.2) is 8.42 Å². The van der Waals surface area contributed by atoms with E-state index >= 15 is 0 Å². The number of nitrogens with zero attached hydrogens (tertiary/aromatic N) is 2. The van der Waals surface area contributed by atoms with Gasteiger partial charge < -0.3 is 9.80 Å². The summed E-state index contributed by atoms with van der Waals surface area (Å²) in [5, 5.41) is 1.69. The second kappa shape index (κ2) is 6.54. The number of sulfonamides is 1. The minimum absolute atomic E-state index is 0.209. The van der Waals surface area contributed by atoms with Gasteiger partial charge in [-0.05, 0) is 30.5 Å². The molecule has 0 saturated heterocycles. The number of nitrogens with one attached hydrogen (secondary N) is 1. The maximum absolute atomic E-state index is 12.8. The van der Waals surface area contributed by atoms with Crippen LogP contribution in [0.2, 0.25) is 0 Å². The number of fused-ring (bicyclic) bond motifs is 1. The first-order chi connectivity index (χ1) is 11.4. The number of amides is 1. The molecular formula is C16H19N3O3S2. The van der Waals surface area contributed by atoms with Gasteiger partial charge in [-0.1, -0.05) is 18.2 Å². The number of carbonyl (C=O) groups excluding carboxylic acids is 1. The second-order valence-corrected chi connectivity index (χ2v) is 8.56. The van der Waals surface area contributed by atoms with E-state index in [1.807, 2.05) is 31.3 Å².